The summed E-state index contributed by atoms with van der Waals surface area (Å²) >= 11 is 0. The molecular weight excluding hydrogens is 308 g/mol. The molecule has 3 nitrogen and oxygen atoms in total. The molecule has 3 heteroatoms. The standard InChI is InChI=1S/C22H26N2O/c1-3-4-13-23-22(25)14-19(17-11-9-16(2)10-12-17)20-15-24-21-8-6-5-7-18(20)21/h5-12,15,19,24H,3-4,13-14H2,1-2H3,(H,23,25)/t19-/m1/s1. The smallest absolute Gasteiger partial charge is 0.220 e. The number of amides is 1. The quantitative estimate of drug-likeness (QED) is 0.592. The molecular formula is C22H26N2O. The molecule has 0 aliphatic heterocycles. The fourth-order valence-electron chi connectivity index (χ4n) is 3.25. The van der Waals surface area contributed by atoms with E-state index in [4.69, 9.17) is 0 Å². The Bertz CT molecular complexity index is 833. The van der Waals surface area contributed by atoms with Gasteiger partial charge in [-0.1, -0.05) is 61.4 Å². The molecule has 130 valence electrons. The molecule has 3 aromatic rings. The van der Waals surface area contributed by atoms with E-state index < -0.39 is 0 Å². The third-order valence-electron chi connectivity index (χ3n) is 4.72. The highest BCUT2D eigenvalue weighted by Gasteiger charge is 2.21. The Labute approximate surface area is 149 Å². The predicted octanol–water partition coefficient (Wildman–Crippen LogP) is 4.91. The molecule has 0 aliphatic rings. The van der Waals surface area contributed by atoms with Crippen molar-refractivity contribution in [1.82, 2.24) is 10.3 Å². The zero-order valence-corrected chi connectivity index (χ0v) is 15.0. The van der Waals surface area contributed by atoms with Gasteiger partial charge in [-0.15, -0.1) is 0 Å². The summed E-state index contributed by atoms with van der Waals surface area (Å²) < 4.78 is 0. The zero-order chi connectivity index (χ0) is 17.6. The number of benzene rings is 2. The highest BCUT2D eigenvalue weighted by molar-refractivity contribution is 5.86. The van der Waals surface area contributed by atoms with E-state index in [2.05, 4.69) is 66.7 Å². The third kappa shape index (κ3) is 4.11. The molecule has 0 unspecified atom stereocenters. The molecule has 25 heavy (non-hydrogen) atoms. The number of aromatic amines is 1. The summed E-state index contributed by atoms with van der Waals surface area (Å²) in [4.78, 5) is 15.8. The molecule has 2 N–H and O–H groups in total. The van der Waals surface area contributed by atoms with E-state index in [-0.39, 0.29) is 11.8 Å². The van der Waals surface area contributed by atoms with Gasteiger partial charge in [-0.05, 0) is 30.5 Å². The van der Waals surface area contributed by atoms with Gasteiger partial charge in [0.15, 0.2) is 0 Å². The molecule has 0 radical (unpaired) electrons. The first-order valence-corrected chi connectivity index (χ1v) is 9.08. The highest BCUT2D eigenvalue weighted by atomic mass is 16.1. The lowest BCUT2D eigenvalue weighted by Gasteiger charge is -2.17. The first kappa shape index (κ1) is 17.3. The van der Waals surface area contributed by atoms with E-state index in [9.17, 15) is 4.79 Å². The van der Waals surface area contributed by atoms with Crippen molar-refractivity contribution in [2.75, 3.05) is 6.54 Å². The number of fused-ring (bicyclic) bond motifs is 1. The molecule has 0 saturated carbocycles. The molecule has 2 aromatic carbocycles. The summed E-state index contributed by atoms with van der Waals surface area (Å²) in [5.41, 5.74) is 4.71. The molecule has 0 bridgehead atoms. The van der Waals surface area contributed by atoms with Gasteiger partial charge in [-0.25, -0.2) is 0 Å². The summed E-state index contributed by atoms with van der Waals surface area (Å²) in [7, 11) is 0. The van der Waals surface area contributed by atoms with Gasteiger partial charge in [0.1, 0.15) is 0 Å². The Morgan fingerprint density at radius 2 is 1.88 bits per heavy atom. The molecule has 0 fully saturated rings. The van der Waals surface area contributed by atoms with Crippen molar-refractivity contribution in [2.45, 2.75) is 39.0 Å². The van der Waals surface area contributed by atoms with Crippen molar-refractivity contribution in [2.24, 2.45) is 0 Å². The number of rotatable bonds is 7. The fourth-order valence-corrected chi connectivity index (χ4v) is 3.25. The number of aromatic nitrogens is 1. The minimum Gasteiger partial charge on any atom is -0.361 e. The number of nitrogens with one attached hydrogen (secondary N) is 2. The molecule has 1 aromatic heterocycles. The van der Waals surface area contributed by atoms with Gasteiger partial charge >= 0.3 is 0 Å². The van der Waals surface area contributed by atoms with Gasteiger partial charge in [0.2, 0.25) is 5.91 Å². The second-order valence-electron chi connectivity index (χ2n) is 6.66. The average Bonchev–Trinajstić information content (AvgIpc) is 3.05. The Balaban J connectivity index is 1.91. The van der Waals surface area contributed by atoms with E-state index in [1.54, 1.807) is 0 Å². The molecule has 1 atom stereocenters. The lowest BCUT2D eigenvalue weighted by atomic mass is 9.87. The Morgan fingerprint density at radius 1 is 1.12 bits per heavy atom. The van der Waals surface area contributed by atoms with Crippen LogP contribution < -0.4 is 5.32 Å². The summed E-state index contributed by atoms with van der Waals surface area (Å²) in [6, 6.07) is 16.8. The van der Waals surface area contributed by atoms with Crippen LogP contribution in [-0.2, 0) is 4.79 Å². The second-order valence-corrected chi connectivity index (χ2v) is 6.66. The minimum atomic E-state index is 0.0541. The molecule has 0 spiro atoms. The van der Waals surface area contributed by atoms with Gasteiger partial charge < -0.3 is 10.3 Å². The van der Waals surface area contributed by atoms with Crippen LogP contribution in [0.4, 0.5) is 0 Å². The van der Waals surface area contributed by atoms with Gasteiger partial charge in [0.05, 0.1) is 0 Å². The molecule has 0 aliphatic carbocycles. The van der Waals surface area contributed by atoms with E-state index in [1.807, 2.05) is 12.1 Å². The van der Waals surface area contributed by atoms with Crippen LogP contribution in [0.5, 0.6) is 0 Å². The number of hydrogen-bond acceptors (Lipinski definition) is 1. The maximum absolute atomic E-state index is 12.5. The lowest BCUT2D eigenvalue weighted by Crippen LogP contribution is -2.26. The van der Waals surface area contributed by atoms with E-state index in [0.29, 0.717) is 6.42 Å². The van der Waals surface area contributed by atoms with Crippen molar-refractivity contribution in [3.05, 3.63) is 71.4 Å². The molecule has 3 rings (SSSR count). The van der Waals surface area contributed by atoms with Crippen LogP contribution >= 0.6 is 0 Å². The Kier molecular flexibility index (Phi) is 5.54. The Hall–Kier alpha value is -2.55. The van der Waals surface area contributed by atoms with E-state index in [0.717, 1.165) is 24.9 Å². The third-order valence-corrected chi connectivity index (χ3v) is 4.72. The summed E-state index contributed by atoms with van der Waals surface area (Å²) in [5.74, 6) is 0.169. The van der Waals surface area contributed by atoms with Gasteiger partial charge in [0.25, 0.3) is 0 Å². The molecule has 0 saturated heterocycles. The van der Waals surface area contributed by atoms with Crippen molar-refractivity contribution in [3.8, 4) is 0 Å². The predicted molar refractivity (Wildman–Crippen MR) is 104 cm³/mol. The van der Waals surface area contributed by atoms with Gasteiger partial charge in [-0.2, -0.15) is 0 Å². The zero-order valence-electron chi connectivity index (χ0n) is 15.0. The second kappa shape index (κ2) is 8.02. The maximum Gasteiger partial charge on any atom is 0.220 e. The number of unbranched alkanes of at least 4 members (excludes halogenated alkanes) is 1. The van der Waals surface area contributed by atoms with Crippen LogP contribution in [0.3, 0.4) is 0 Å². The fraction of sp³-hybridized carbons (Fsp3) is 0.318. The number of carbonyl (C=O) groups excluding carboxylic acids is 1. The van der Waals surface area contributed by atoms with E-state index >= 15 is 0 Å². The van der Waals surface area contributed by atoms with Crippen LogP contribution in [0.25, 0.3) is 10.9 Å². The largest absolute Gasteiger partial charge is 0.361 e. The van der Waals surface area contributed by atoms with Crippen molar-refractivity contribution in [3.63, 3.8) is 0 Å². The van der Waals surface area contributed by atoms with Crippen LogP contribution in [0.1, 0.15) is 48.8 Å². The first-order chi connectivity index (χ1) is 12.2. The van der Waals surface area contributed by atoms with Crippen molar-refractivity contribution in [1.29, 1.82) is 0 Å². The Morgan fingerprint density at radius 3 is 2.64 bits per heavy atom. The van der Waals surface area contributed by atoms with Crippen LogP contribution in [-0.4, -0.2) is 17.4 Å². The monoisotopic (exact) mass is 334 g/mol. The average molecular weight is 334 g/mol. The number of hydrogen-bond donors (Lipinski definition) is 2. The van der Waals surface area contributed by atoms with Gasteiger partial charge in [-0.3, -0.25) is 4.79 Å². The first-order valence-electron chi connectivity index (χ1n) is 9.08. The number of H-pyrrole nitrogens is 1. The normalized spacial score (nSPS) is 12.2. The summed E-state index contributed by atoms with van der Waals surface area (Å²) in [6.07, 6.45) is 4.63. The van der Waals surface area contributed by atoms with Crippen LogP contribution in [0.15, 0.2) is 54.7 Å². The molecule has 1 heterocycles. The SMILES string of the molecule is CCCCNC(=O)C[C@H](c1ccc(C)cc1)c1c[nH]c2ccccc12. The molecule has 1 amide bonds. The lowest BCUT2D eigenvalue weighted by molar-refractivity contribution is -0.121. The summed E-state index contributed by atoms with van der Waals surface area (Å²) in [5, 5.41) is 4.25. The summed E-state index contributed by atoms with van der Waals surface area (Å²) in [6.45, 7) is 4.97. The highest BCUT2D eigenvalue weighted by Crippen LogP contribution is 2.33. The van der Waals surface area contributed by atoms with E-state index in [1.165, 1.54) is 22.1 Å². The van der Waals surface area contributed by atoms with Crippen molar-refractivity contribution >= 4 is 16.8 Å². The number of carbonyl (C=O) groups is 1. The van der Waals surface area contributed by atoms with Crippen molar-refractivity contribution < 1.29 is 4.79 Å². The number of aryl methyl sites for hydroxylation is 1. The minimum absolute atomic E-state index is 0.0541. The maximum atomic E-state index is 12.5. The van der Waals surface area contributed by atoms with Crippen LogP contribution in [0.2, 0.25) is 0 Å². The topological polar surface area (TPSA) is 44.9 Å². The van der Waals surface area contributed by atoms with Gasteiger partial charge in [0, 0.05) is 36.0 Å². The number of para-hydroxylation sites is 1. The van der Waals surface area contributed by atoms with Crippen LogP contribution in [0, 0.1) is 6.92 Å².